The van der Waals surface area contributed by atoms with E-state index < -0.39 is 5.60 Å². The normalized spacial score (nSPS) is 27.7. The van der Waals surface area contributed by atoms with Crippen molar-refractivity contribution in [1.82, 2.24) is 9.55 Å². The van der Waals surface area contributed by atoms with E-state index in [1.165, 1.54) is 0 Å². The maximum Gasteiger partial charge on any atom is 0.141 e. The van der Waals surface area contributed by atoms with Crippen molar-refractivity contribution in [2.45, 2.75) is 39.3 Å². The summed E-state index contributed by atoms with van der Waals surface area (Å²) in [6.45, 7) is 7.04. The van der Waals surface area contributed by atoms with Crippen LogP contribution in [0.1, 0.15) is 33.0 Å². The van der Waals surface area contributed by atoms with E-state index in [4.69, 9.17) is 0 Å². The third kappa shape index (κ3) is 1.03. The van der Waals surface area contributed by atoms with Crippen LogP contribution in [0.2, 0.25) is 0 Å². The van der Waals surface area contributed by atoms with E-state index in [0.29, 0.717) is 0 Å². The molecule has 0 aromatic carbocycles. The topological polar surface area (TPSA) is 38.0 Å². The van der Waals surface area contributed by atoms with E-state index in [0.717, 1.165) is 18.8 Å². The second-order valence-corrected chi connectivity index (χ2v) is 4.80. The maximum absolute atomic E-state index is 10.5. The summed E-state index contributed by atoms with van der Waals surface area (Å²) >= 11 is 0. The number of aliphatic hydroxyl groups is 1. The smallest absolute Gasteiger partial charge is 0.141 e. The Balaban J connectivity index is 2.49. The van der Waals surface area contributed by atoms with E-state index in [9.17, 15) is 5.11 Å². The number of hydrogen-bond donors (Lipinski definition) is 1. The van der Waals surface area contributed by atoms with Gasteiger partial charge >= 0.3 is 0 Å². The van der Waals surface area contributed by atoms with Gasteiger partial charge in [-0.15, -0.1) is 0 Å². The Morgan fingerprint density at radius 2 is 2.23 bits per heavy atom. The number of fused-ring (bicyclic) bond motifs is 1. The Labute approximate surface area is 78.4 Å². The molecule has 0 saturated heterocycles. The van der Waals surface area contributed by atoms with Gasteiger partial charge in [-0.1, -0.05) is 20.8 Å². The van der Waals surface area contributed by atoms with Gasteiger partial charge in [0.2, 0.25) is 0 Å². The van der Waals surface area contributed by atoms with Crippen LogP contribution in [-0.2, 0) is 12.1 Å². The summed E-state index contributed by atoms with van der Waals surface area (Å²) in [4.78, 5) is 4.23. The summed E-state index contributed by atoms with van der Waals surface area (Å²) in [6.07, 6.45) is 4.46. The van der Waals surface area contributed by atoms with Crippen LogP contribution in [0.25, 0.3) is 0 Å². The first-order valence-electron chi connectivity index (χ1n) is 4.69. The maximum atomic E-state index is 10.5. The van der Waals surface area contributed by atoms with Crippen LogP contribution >= 0.6 is 0 Å². The first-order chi connectivity index (χ1) is 5.95. The van der Waals surface area contributed by atoms with Gasteiger partial charge in [0.05, 0.1) is 0 Å². The molecule has 1 aliphatic heterocycles. The molecule has 3 heteroatoms. The van der Waals surface area contributed by atoms with E-state index in [-0.39, 0.29) is 5.41 Å². The number of imidazole rings is 1. The predicted molar refractivity (Wildman–Crippen MR) is 50.2 cm³/mol. The Bertz CT molecular complexity index is 324. The van der Waals surface area contributed by atoms with Crippen LogP contribution in [-0.4, -0.2) is 14.7 Å². The molecule has 0 amide bonds. The SMILES string of the molecule is CC(C)(C)C1(O)CCn2ccnc21. The van der Waals surface area contributed by atoms with Crippen LogP contribution in [0.3, 0.4) is 0 Å². The Morgan fingerprint density at radius 1 is 1.54 bits per heavy atom. The summed E-state index contributed by atoms with van der Waals surface area (Å²) in [7, 11) is 0. The lowest BCUT2D eigenvalue weighted by atomic mass is 9.75. The third-order valence-corrected chi connectivity index (χ3v) is 3.04. The molecule has 1 aromatic rings. The average Bonchev–Trinajstić information content (AvgIpc) is 2.52. The van der Waals surface area contributed by atoms with Gasteiger partial charge < -0.3 is 9.67 Å². The molecule has 1 unspecified atom stereocenters. The van der Waals surface area contributed by atoms with Gasteiger partial charge in [-0.3, -0.25) is 0 Å². The molecule has 0 saturated carbocycles. The van der Waals surface area contributed by atoms with E-state index in [2.05, 4.69) is 25.8 Å². The zero-order valence-electron chi connectivity index (χ0n) is 8.41. The molecule has 2 rings (SSSR count). The lowest BCUT2D eigenvalue weighted by Crippen LogP contribution is -2.38. The van der Waals surface area contributed by atoms with Gasteiger partial charge in [0.25, 0.3) is 0 Å². The second-order valence-electron chi connectivity index (χ2n) is 4.80. The highest BCUT2D eigenvalue weighted by Gasteiger charge is 2.47. The first kappa shape index (κ1) is 8.75. The molecule has 0 radical (unpaired) electrons. The first-order valence-corrected chi connectivity index (χ1v) is 4.69. The second kappa shape index (κ2) is 2.35. The van der Waals surface area contributed by atoms with Gasteiger partial charge in [-0.2, -0.15) is 0 Å². The van der Waals surface area contributed by atoms with Crippen LogP contribution in [0.15, 0.2) is 12.4 Å². The van der Waals surface area contributed by atoms with Crippen molar-refractivity contribution in [2.75, 3.05) is 0 Å². The lowest BCUT2D eigenvalue weighted by Gasteiger charge is -2.35. The Hall–Kier alpha value is -0.830. The molecule has 1 aliphatic rings. The van der Waals surface area contributed by atoms with Crippen LogP contribution in [0.4, 0.5) is 0 Å². The van der Waals surface area contributed by atoms with Crippen molar-refractivity contribution in [2.24, 2.45) is 5.41 Å². The summed E-state index contributed by atoms with van der Waals surface area (Å²) in [5.74, 6) is 0.819. The number of rotatable bonds is 0. The molecular weight excluding hydrogens is 164 g/mol. The van der Waals surface area contributed by atoms with Crippen molar-refractivity contribution in [1.29, 1.82) is 0 Å². The van der Waals surface area contributed by atoms with E-state index in [1.807, 2.05) is 10.8 Å². The molecule has 72 valence electrons. The number of nitrogens with zero attached hydrogens (tertiary/aromatic N) is 2. The van der Waals surface area contributed by atoms with Crippen molar-refractivity contribution < 1.29 is 5.11 Å². The average molecular weight is 180 g/mol. The summed E-state index contributed by atoms with van der Waals surface area (Å²) in [6, 6.07) is 0. The molecule has 3 nitrogen and oxygen atoms in total. The largest absolute Gasteiger partial charge is 0.381 e. The minimum Gasteiger partial charge on any atom is -0.381 e. The quantitative estimate of drug-likeness (QED) is 0.657. The summed E-state index contributed by atoms with van der Waals surface area (Å²) in [5.41, 5.74) is -0.900. The number of aromatic nitrogens is 2. The third-order valence-electron chi connectivity index (χ3n) is 3.04. The molecule has 0 spiro atoms. The fourth-order valence-electron chi connectivity index (χ4n) is 1.96. The monoisotopic (exact) mass is 180 g/mol. The summed E-state index contributed by atoms with van der Waals surface area (Å²) < 4.78 is 2.03. The molecular formula is C10H16N2O. The van der Waals surface area contributed by atoms with Gasteiger partial charge in [0.1, 0.15) is 11.4 Å². The van der Waals surface area contributed by atoms with E-state index in [1.54, 1.807) is 6.20 Å². The van der Waals surface area contributed by atoms with Crippen molar-refractivity contribution in [3.8, 4) is 0 Å². The highest BCUT2D eigenvalue weighted by molar-refractivity contribution is 5.14. The van der Waals surface area contributed by atoms with Gasteiger partial charge in [0, 0.05) is 25.4 Å². The van der Waals surface area contributed by atoms with E-state index >= 15 is 0 Å². The van der Waals surface area contributed by atoms with Crippen LogP contribution in [0, 0.1) is 5.41 Å². The minimum absolute atomic E-state index is 0.146. The molecule has 1 aromatic heterocycles. The molecule has 1 N–H and O–H groups in total. The Morgan fingerprint density at radius 3 is 2.85 bits per heavy atom. The van der Waals surface area contributed by atoms with Crippen molar-refractivity contribution in [3.05, 3.63) is 18.2 Å². The summed E-state index contributed by atoms with van der Waals surface area (Å²) in [5, 5.41) is 10.5. The van der Waals surface area contributed by atoms with Gasteiger partial charge in [-0.25, -0.2) is 4.98 Å². The number of hydrogen-bond acceptors (Lipinski definition) is 2. The lowest BCUT2D eigenvalue weighted by molar-refractivity contribution is -0.0658. The van der Waals surface area contributed by atoms with Crippen LogP contribution < -0.4 is 0 Å². The molecule has 13 heavy (non-hydrogen) atoms. The molecule has 1 atom stereocenters. The Kier molecular flexibility index (Phi) is 1.58. The van der Waals surface area contributed by atoms with Crippen molar-refractivity contribution in [3.63, 3.8) is 0 Å². The fourth-order valence-corrected chi connectivity index (χ4v) is 1.96. The number of aryl methyl sites for hydroxylation is 1. The van der Waals surface area contributed by atoms with Gasteiger partial charge in [-0.05, 0) is 5.41 Å². The predicted octanol–water partition coefficient (Wildman–Crippen LogP) is 1.52. The zero-order chi connectivity index (χ0) is 9.69. The molecule has 0 aliphatic carbocycles. The molecule has 2 heterocycles. The highest BCUT2D eigenvalue weighted by atomic mass is 16.3. The molecule has 0 bridgehead atoms. The molecule has 0 fully saturated rings. The van der Waals surface area contributed by atoms with Gasteiger partial charge in [0.15, 0.2) is 0 Å². The van der Waals surface area contributed by atoms with Crippen molar-refractivity contribution >= 4 is 0 Å². The van der Waals surface area contributed by atoms with Crippen LogP contribution in [0.5, 0.6) is 0 Å². The standard InChI is InChI=1S/C10H16N2O/c1-9(2,3)10(13)4-6-12-7-5-11-8(10)12/h5,7,13H,4,6H2,1-3H3. The highest BCUT2D eigenvalue weighted by Crippen LogP contribution is 2.44. The zero-order valence-corrected chi connectivity index (χ0v) is 8.41. The fraction of sp³-hybridized carbons (Fsp3) is 0.700. The minimum atomic E-state index is -0.753.